The van der Waals surface area contributed by atoms with Crippen LogP contribution in [-0.2, 0) is 20.9 Å². The maximum absolute atomic E-state index is 12.5. The number of carbonyl (C=O) groups is 3. The summed E-state index contributed by atoms with van der Waals surface area (Å²) in [4.78, 5) is 39.4. The summed E-state index contributed by atoms with van der Waals surface area (Å²) < 4.78 is 6.73. The molecule has 9 heteroatoms. The zero-order valence-corrected chi connectivity index (χ0v) is 17.2. The standard InChI is InChI=1S/C20H23ClN4O4/c1-14-18(19(21)25(22-14)12-16-6-4-3-5-7-16)20(28)29-13-17(27)24-10-8-23(9-11-24)15(2)26/h3-7H,8-13H2,1-2H3. The average molecular weight is 419 g/mol. The zero-order valence-electron chi connectivity index (χ0n) is 16.4. The smallest absolute Gasteiger partial charge is 0.343 e. The van der Waals surface area contributed by atoms with E-state index in [1.165, 1.54) is 11.6 Å². The van der Waals surface area contributed by atoms with Crippen LogP contribution in [0.5, 0.6) is 0 Å². The molecule has 1 aliphatic rings. The summed E-state index contributed by atoms with van der Waals surface area (Å²) in [5.41, 5.74) is 1.60. The molecule has 0 N–H and O–H groups in total. The highest BCUT2D eigenvalue weighted by molar-refractivity contribution is 6.32. The van der Waals surface area contributed by atoms with Gasteiger partial charge >= 0.3 is 5.97 Å². The number of nitrogens with zero attached hydrogens (tertiary/aromatic N) is 4. The molecule has 154 valence electrons. The second kappa shape index (κ2) is 9.09. The Bertz CT molecular complexity index is 905. The van der Waals surface area contributed by atoms with Gasteiger partial charge in [-0.05, 0) is 12.5 Å². The molecule has 2 aromatic rings. The highest BCUT2D eigenvalue weighted by Crippen LogP contribution is 2.22. The summed E-state index contributed by atoms with van der Waals surface area (Å²) in [5, 5.41) is 4.50. The number of amides is 2. The van der Waals surface area contributed by atoms with Crippen molar-refractivity contribution in [1.29, 1.82) is 0 Å². The summed E-state index contributed by atoms with van der Waals surface area (Å²) in [7, 11) is 0. The highest BCUT2D eigenvalue weighted by Gasteiger charge is 2.26. The third-order valence-electron chi connectivity index (χ3n) is 4.85. The average Bonchev–Trinajstić information content (AvgIpc) is 2.99. The number of ether oxygens (including phenoxy) is 1. The summed E-state index contributed by atoms with van der Waals surface area (Å²) in [5.74, 6) is -0.990. The molecule has 0 saturated carbocycles. The van der Waals surface area contributed by atoms with Gasteiger partial charge in [0, 0.05) is 33.1 Å². The largest absolute Gasteiger partial charge is 0.452 e. The maximum atomic E-state index is 12.5. The van der Waals surface area contributed by atoms with Crippen molar-refractivity contribution in [3.63, 3.8) is 0 Å². The number of halogens is 1. The molecule has 1 aromatic heterocycles. The van der Waals surface area contributed by atoms with Gasteiger partial charge in [-0.2, -0.15) is 5.10 Å². The van der Waals surface area contributed by atoms with E-state index in [9.17, 15) is 14.4 Å². The van der Waals surface area contributed by atoms with E-state index < -0.39 is 5.97 Å². The van der Waals surface area contributed by atoms with E-state index >= 15 is 0 Å². The van der Waals surface area contributed by atoms with Crippen LogP contribution in [0.25, 0.3) is 0 Å². The summed E-state index contributed by atoms with van der Waals surface area (Å²) >= 11 is 6.35. The molecule has 2 amide bonds. The molecule has 8 nitrogen and oxygen atoms in total. The third-order valence-corrected chi connectivity index (χ3v) is 5.23. The van der Waals surface area contributed by atoms with Gasteiger partial charge in [0.25, 0.3) is 5.91 Å². The Kier molecular flexibility index (Phi) is 6.53. The first kappa shape index (κ1) is 20.9. The molecule has 0 unspecified atom stereocenters. The van der Waals surface area contributed by atoms with Crippen molar-refractivity contribution in [2.45, 2.75) is 20.4 Å². The Morgan fingerprint density at radius 2 is 1.69 bits per heavy atom. The van der Waals surface area contributed by atoms with Crippen LogP contribution in [0.1, 0.15) is 28.5 Å². The van der Waals surface area contributed by atoms with Crippen LogP contribution >= 0.6 is 11.6 Å². The Morgan fingerprint density at radius 1 is 1.07 bits per heavy atom. The lowest BCUT2D eigenvalue weighted by molar-refractivity contribution is -0.140. The summed E-state index contributed by atoms with van der Waals surface area (Å²) in [6.45, 7) is 5.02. The number of rotatable bonds is 5. The molecule has 29 heavy (non-hydrogen) atoms. The number of benzene rings is 1. The molecule has 1 fully saturated rings. The quantitative estimate of drug-likeness (QED) is 0.690. The fourth-order valence-corrected chi connectivity index (χ4v) is 3.52. The van der Waals surface area contributed by atoms with Gasteiger partial charge in [-0.1, -0.05) is 41.9 Å². The van der Waals surface area contributed by atoms with Crippen molar-refractivity contribution in [1.82, 2.24) is 19.6 Å². The van der Waals surface area contributed by atoms with E-state index in [4.69, 9.17) is 16.3 Å². The second-order valence-electron chi connectivity index (χ2n) is 6.86. The lowest BCUT2D eigenvalue weighted by atomic mass is 10.2. The van der Waals surface area contributed by atoms with Gasteiger partial charge in [0.15, 0.2) is 6.61 Å². The topological polar surface area (TPSA) is 84.7 Å². The predicted octanol–water partition coefficient (Wildman–Crippen LogP) is 1.74. The third kappa shape index (κ3) is 4.95. The Labute approximate surface area is 174 Å². The van der Waals surface area contributed by atoms with Crippen molar-refractivity contribution in [2.24, 2.45) is 0 Å². The predicted molar refractivity (Wildman–Crippen MR) is 107 cm³/mol. The van der Waals surface area contributed by atoms with Crippen molar-refractivity contribution < 1.29 is 19.1 Å². The molecule has 0 atom stereocenters. The van der Waals surface area contributed by atoms with Crippen LogP contribution in [0.4, 0.5) is 0 Å². The van der Waals surface area contributed by atoms with Crippen molar-refractivity contribution in [3.8, 4) is 0 Å². The van der Waals surface area contributed by atoms with Crippen LogP contribution in [0.15, 0.2) is 30.3 Å². The van der Waals surface area contributed by atoms with Crippen LogP contribution in [0.3, 0.4) is 0 Å². The number of aromatic nitrogens is 2. The van der Waals surface area contributed by atoms with E-state index in [-0.39, 0.29) is 29.1 Å². The monoisotopic (exact) mass is 418 g/mol. The minimum Gasteiger partial charge on any atom is -0.452 e. The van der Waals surface area contributed by atoms with Crippen LogP contribution < -0.4 is 0 Å². The Balaban J connectivity index is 1.58. The number of carbonyl (C=O) groups excluding carboxylic acids is 3. The van der Waals surface area contributed by atoms with Crippen molar-refractivity contribution in [3.05, 3.63) is 52.3 Å². The molecule has 0 radical (unpaired) electrons. The van der Waals surface area contributed by atoms with Crippen LogP contribution in [-0.4, -0.2) is 70.1 Å². The van der Waals surface area contributed by atoms with Gasteiger partial charge in [0.05, 0.1) is 12.2 Å². The lowest BCUT2D eigenvalue weighted by Gasteiger charge is -2.34. The molecule has 1 aromatic carbocycles. The Morgan fingerprint density at radius 3 is 2.31 bits per heavy atom. The number of piperazine rings is 1. The van der Waals surface area contributed by atoms with E-state index in [2.05, 4.69) is 5.10 Å². The number of hydrogen-bond acceptors (Lipinski definition) is 5. The molecule has 0 bridgehead atoms. The van der Waals surface area contributed by atoms with Gasteiger partial charge in [0.1, 0.15) is 10.7 Å². The first-order valence-electron chi connectivity index (χ1n) is 9.34. The summed E-state index contributed by atoms with van der Waals surface area (Å²) in [6, 6.07) is 9.62. The van der Waals surface area contributed by atoms with E-state index in [1.54, 1.807) is 16.7 Å². The Hall–Kier alpha value is -2.87. The van der Waals surface area contributed by atoms with Gasteiger partial charge in [-0.15, -0.1) is 0 Å². The van der Waals surface area contributed by atoms with Crippen LogP contribution in [0, 0.1) is 6.92 Å². The number of esters is 1. The van der Waals surface area contributed by atoms with Gasteiger partial charge in [-0.3, -0.25) is 9.59 Å². The molecule has 1 saturated heterocycles. The van der Waals surface area contributed by atoms with E-state index in [0.717, 1.165) is 5.56 Å². The minimum absolute atomic E-state index is 0.0128. The van der Waals surface area contributed by atoms with Gasteiger partial charge in [0.2, 0.25) is 5.91 Å². The molecule has 0 aliphatic carbocycles. The van der Waals surface area contributed by atoms with E-state index in [1.807, 2.05) is 30.3 Å². The van der Waals surface area contributed by atoms with Gasteiger partial charge in [-0.25, -0.2) is 9.48 Å². The summed E-state index contributed by atoms with van der Waals surface area (Å²) in [6.07, 6.45) is 0. The molecule has 0 spiro atoms. The molecule has 3 rings (SSSR count). The zero-order chi connectivity index (χ0) is 21.0. The lowest BCUT2D eigenvalue weighted by Crippen LogP contribution is -2.51. The molecular weight excluding hydrogens is 396 g/mol. The number of aryl methyl sites for hydroxylation is 1. The van der Waals surface area contributed by atoms with Crippen molar-refractivity contribution in [2.75, 3.05) is 32.8 Å². The van der Waals surface area contributed by atoms with Crippen LogP contribution in [0.2, 0.25) is 5.15 Å². The second-order valence-corrected chi connectivity index (χ2v) is 7.22. The van der Waals surface area contributed by atoms with Gasteiger partial charge < -0.3 is 14.5 Å². The number of hydrogen-bond donors (Lipinski definition) is 0. The first-order chi connectivity index (χ1) is 13.9. The highest BCUT2D eigenvalue weighted by atomic mass is 35.5. The molecule has 2 heterocycles. The fourth-order valence-electron chi connectivity index (χ4n) is 3.21. The molecular formula is C20H23ClN4O4. The first-order valence-corrected chi connectivity index (χ1v) is 9.72. The van der Waals surface area contributed by atoms with E-state index in [0.29, 0.717) is 38.4 Å². The minimum atomic E-state index is -0.678. The molecule has 1 aliphatic heterocycles. The normalized spacial score (nSPS) is 14.0. The van der Waals surface area contributed by atoms with Crippen molar-refractivity contribution >= 4 is 29.4 Å². The fraction of sp³-hybridized carbons (Fsp3) is 0.400. The SMILES string of the molecule is CC(=O)N1CCN(C(=O)COC(=O)c2c(C)nn(Cc3ccccc3)c2Cl)CC1. The maximum Gasteiger partial charge on any atom is 0.343 e.